The summed E-state index contributed by atoms with van der Waals surface area (Å²) in [5.41, 5.74) is 0.824. The van der Waals surface area contributed by atoms with Crippen LogP contribution in [0, 0.1) is 0 Å². The number of carbonyl (C=O) groups is 1. The summed E-state index contributed by atoms with van der Waals surface area (Å²) in [4.78, 5) is 15.7. The summed E-state index contributed by atoms with van der Waals surface area (Å²) in [5, 5.41) is 14.0. The zero-order valence-electron chi connectivity index (χ0n) is 14.8. The first kappa shape index (κ1) is 20.2. The van der Waals surface area contributed by atoms with E-state index in [9.17, 15) is 23.1 Å². The Kier molecular flexibility index (Phi) is 4.91. The third kappa shape index (κ3) is 3.71. The van der Waals surface area contributed by atoms with E-state index in [-0.39, 0.29) is 11.3 Å². The highest BCUT2D eigenvalue weighted by atomic mass is 35.5. The zero-order valence-corrected chi connectivity index (χ0v) is 16.3. The zero-order chi connectivity index (χ0) is 21.6. The molecule has 0 amide bonds. The van der Waals surface area contributed by atoms with Crippen molar-refractivity contribution in [3.63, 3.8) is 0 Å². The molecule has 0 unspecified atom stereocenters. The summed E-state index contributed by atoms with van der Waals surface area (Å²) in [6.07, 6.45) is -4.46. The van der Waals surface area contributed by atoms with Gasteiger partial charge in [-0.15, -0.1) is 0 Å². The second kappa shape index (κ2) is 7.30. The van der Waals surface area contributed by atoms with Crippen molar-refractivity contribution >= 4 is 34.8 Å². The number of fused-ring (bicyclic) bond motifs is 1. The number of rotatable bonds is 3. The van der Waals surface area contributed by atoms with Crippen LogP contribution < -0.4 is 0 Å². The highest BCUT2D eigenvalue weighted by molar-refractivity contribution is 6.36. The average Bonchev–Trinajstić information content (AvgIpc) is 3.11. The number of aromatic nitrogens is 3. The van der Waals surface area contributed by atoms with E-state index in [0.29, 0.717) is 32.6 Å². The third-order valence-corrected chi connectivity index (χ3v) is 4.91. The van der Waals surface area contributed by atoms with Gasteiger partial charge in [-0.05, 0) is 36.4 Å². The van der Waals surface area contributed by atoms with Gasteiger partial charge in [0.15, 0.2) is 11.3 Å². The largest absolute Gasteiger partial charge is 0.476 e. The Bertz CT molecular complexity index is 1290. The van der Waals surface area contributed by atoms with Crippen molar-refractivity contribution in [3.8, 4) is 22.5 Å². The molecule has 2 aromatic heterocycles. The van der Waals surface area contributed by atoms with E-state index >= 15 is 0 Å². The molecule has 2 aromatic carbocycles. The maximum absolute atomic E-state index is 12.9. The first-order chi connectivity index (χ1) is 14.1. The Morgan fingerprint density at radius 2 is 1.70 bits per heavy atom. The molecule has 0 aliphatic carbocycles. The summed E-state index contributed by atoms with van der Waals surface area (Å²) in [6.45, 7) is 0. The molecule has 0 fully saturated rings. The molecule has 152 valence electrons. The molecule has 0 aliphatic rings. The lowest BCUT2D eigenvalue weighted by Gasteiger charge is -2.11. The molecule has 1 N–H and O–H groups in total. The minimum Gasteiger partial charge on any atom is -0.476 e. The molecule has 0 atom stereocenters. The highest BCUT2D eigenvalue weighted by Gasteiger charge is 2.30. The maximum Gasteiger partial charge on any atom is 0.416 e. The predicted octanol–water partition coefficient (Wildman–Crippen LogP) is 6.09. The van der Waals surface area contributed by atoms with E-state index in [2.05, 4.69) is 10.1 Å². The van der Waals surface area contributed by atoms with Crippen LogP contribution in [0.3, 0.4) is 0 Å². The lowest BCUT2D eigenvalue weighted by molar-refractivity contribution is -0.137. The Labute approximate surface area is 177 Å². The lowest BCUT2D eigenvalue weighted by atomic mass is 10.1. The van der Waals surface area contributed by atoms with Crippen molar-refractivity contribution in [1.82, 2.24) is 14.6 Å². The van der Waals surface area contributed by atoms with Crippen LogP contribution >= 0.6 is 23.2 Å². The van der Waals surface area contributed by atoms with Crippen molar-refractivity contribution < 1.29 is 23.1 Å². The van der Waals surface area contributed by atoms with Crippen LogP contribution in [0.5, 0.6) is 0 Å². The fourth-order valence-corrected chi connectivity index (χ4v) is 3.45. The molecule has 4 aromatic rings. The number of carboxylic acid groups (broad SMARTS) is 1. The highest BCUT2D eigenvalue weighted by Crippen LogP contribution is 2.34. The van der Waals surface area contributed by atoms with Crippen LogP contribution in [0.2, 0.25) is 10.0 Å². The number of aromatic carboxylic acids is 1. The summed E-state index contributed by atoms with van der Waals surface area (Å²) in [7, 11) is 0. The van der Waals surface area contributed by atoms with Crippen molar-refractivity contribution in [2.75, 3.05) is 0 Å². The summed E-state index contributed by atoms with van der Waals surface area (Å²) in [5.74, 6) is -1.25. The number of carboxylic acids is 1. The van der Waals surface area contributed by atoms with Gasteiger partial charge in [-0.25, -0.2) is 14.3 Å². The maximum atomic E-state index is 12.9. The molecular formula is C20H10Cl2F3N3O2. The minimum atomic E-state index is -4.46. The van der Waals surface area contributed by atoms with Crippen molar-refractivity contribution in [2.45, 2.75) is 6.18 Å². The molecule has 4 rings (SSSR count). The third-order valence-electron chi connectivity index (χ3n) is 4.36. The van der Waals surface area contributed by atoms with Gasteiger partial charge in [0.25, 0.3) is 0 Å². The molecule has 0 saturated heterocycles. The normalized spacial score (nSPS) is 11.8. The first-order valence-electron chi connectivity index (χ1n) is 8.40. The van der Waals surface area contributed by atoms with Gasteiger partial charge in [-0.1, -0.05) is 35.3 Å². The van der Waals surface area contributed by atoms with E-state index < -0.39 is 17.7 Å². The predicted molar refractivity (Wildman–Crippen MR) is 106 cm³/mol. The van der Waals surface area contributed by atoms with Gasteiger partial charge in [-0.2, -0.15) is 18.3 Å². The van der Waals surface area contributed by atoms with Gasteiger partial charge in [0.05, 0.1) is 22.0 Å². The average molecular weight is 452 g/mol. The van der Waals surface area contributed by atoms with E-state index in [1.54, 1.807) is 18.2 Å². The van der Waals surface area contributed by atoms with Crippen molar-refractivity contribution in [3.05, 3.63) is 75.9 Å². The minimum absolute atomic E-state index is 0.200. The van der Waals surface area contributed by atoms with E-state index in [0.717, 1.165) is 12.1 Å². The molecule has 0 saturated carbocycles. The van der Waals surface area contributed by atoms with Crippen LogP contribution in [0.4, 0.5) is 13.2 Å². The molecule has 2 heterocycles. The fourth-order valence-electron chi connectivity index (χ4n) is 2.95. The van der Waals surface area contributed by atoms with Gasteiger partial charge in [0.1, 0.15) is 0 Å². The number of benzene rings is 2. The smallest absolute Gasteiger partial charge is 0.416 e. The van der Waals surface area contributed by atoms with E-state index in [1.165, 1.54) is 28.8 Å². The number of hydrogen-bond donors (Lipinski definition) is 1. The Morgan fingerprint density at radius 1 is 1.00 bits per heavy atom. The summed E-state index contributed by atoms with van der Waals surface area (Å²) in [6, 6.07) is 12.1. The molecule has 10 heteroatoms. The van der Waals surface area contributed by atoms with Crippen molar-refractivity contribution in [1.29, 1.82) is 0 Å². The fraction of sp³-hybridized carbons (Fsp3) is 0.0500. The topological polar surface area (TPSA) is 67.5 Å². The molecule has 0 aliphatic heterocycles. The van der Waals surface area contributed by atoms with Crippen LogP contribution in [0.15, 0.2) is 54.6 Å². The first-order valence-corrected chi connectivity index (χ1v) is 9.16. The number of hydrogen-bond acceptors (Lipinski definition) is 3. The second-order valence-corrected chi connectivity index (χ2v) is 7.17. The van der Waals surface area contributed by atoms with E-state index in [4.69, 9.17) is 23.2 Å². The van der Waals surface area contributed by atoms with Gasteiger partial charge < -0.3 is 5.11 Å². The van der Waals surface area contributed by atoms with Gasteiger partial charge in [-0.3, -0.25) is 0 Å². The molecule has 0 radical (unpaired) electrons. The molecule has 30 heavy (non-hydrogen) atoms. The molecule has 0 spiro atoms. The van der Waals surface area contributed by atoms with Crippen LogP contribution in [-0.4, -0.2) is 25.7 Å². The summed E-state index contributed by atoms with van der Waals surface area (Å²) < 4.78 is 39.9. The van der Waals surface area contributed by atoms with Crippen LogP contribution in [0.25, 0.3) is 28.2 Å². The molecular weight excluding hydrogens is 442 g/mol. The quantitative estimate of drug-likeness (QED) is 0.409. The molecule has 5 nitrogen and oxygen atoms in total. The molecule has 0 bridgehead atoms. The number of alkyl halides is 3. The number of halogens is 5. The van der Waals surface area contributed by atoms with Crippen LogP contribution in [0.1, 0.15) is 16.1 Å². The van der Waals surface area contributed by atoms with Gasteiger partial charge in [0.2, 0.25) is 0 Å². The van der Waals surface area contributed by atoms with Gasteiger partial charge in [0, 0.05) is 22.2 Å². The SMILES string of the molecule is O=C(O)c1cc2nc(-c3ccc(C(F)(F)F)cc3)cc(-c3ccc(Cl)cc3Cl)n2n1. The Morgan fingerprint density at radius 3 is 2.30 bits per heavy atom. The summed E-state index contributed by atoms with van der Waals surface area (Å²) >= 11 is 12.3. The number of nitrogens with zero attached hydrogens (tertiary/aromatic N) is 3. The standard InChI is InChI=1S/C20H10Cl2F3N3O2/c21-12-5-6-13(14(22)7-12)17-8-15(10-1-3-11(4-2-10)20(23,24)25)26-18-9-16(19(29)30)27-28(17)18/h1-9H,(H,29,30). The Hall–Kier alpha value is -3.10. The van der Waals surface area contributed by atoms with Crippen molar-refractivity contribution in [2.24, 2.45) is 0 Å². The van der Waals surface area contributed by atoms with Crippen LogP contribution in [-0.2, 0) is 6.18 Å². The monoisotopic (exact) mass is 451 g/mol. The van der Waals surface area contributed by atoms with E-state index in [1.807, 2.05) is 0 Å². The van der Waals surface area contributed by atoms with Gasteiger partial charge >= 0.3 is 12.1 Å². The Balaban J connectivity index is 1.94. The second-order valence-electron chi connectivity index (χ2n) is 6.33. The lowest BCUT2D eigenvalue weighted by Crippen LogP contribution is -2.04.